The zero-order chi connectivity index (χ0) is 15.2. The third kappa shape index (κ3) is 3.49. The molecule has 1 N–H and O–H groups in total. The van der Waals surface area contributed by atoms with Gasteiger partial charge in [0.25, 0.3) is 5.91 Å². The molecule has 7 heteroatoms. The van der Waals surface area contributed by atoms with Crippen LogP contribution in [0.15, 0.2) is 23.0 Å². The number of hydrogen-bond acceptors (Lipinski definition) is 5. The average Bonchev–Trinajstić information content (AvgIpc) is 2.99. The number of ether oxygens (including phenoxy) is 2. The highest BCUT2D eigenvalue weighted by molar-refractivity contribution is 7.07. The van der Waals surface area contributed by atoms with Gasteiger partial charge in [0, 0.05) is 18.3 Å². The lowest BCUT2D eigenvalue weighted by molar-refractivity contribution is 0.0946. The third-order valence-corrected chi connectivity index (χ3v) is 3.51. The molecule has 21 heavy (non-hydrogen) atoms. The summed E-state index contributed by atoms with van der Waals surface area (Å²) in [4.78, 5) is 16.3. The van der Waals surface area contributed by atoms with Gasteiger partial charge in [-0.25, -0.2) is 9.37 Å². The number of carbonyl (C=O) groups excluding carboxylic acids is 1. The second-order valence-corrected chi connectivity index (χ2v) is 4.86. The molecule has 0 saturated heterocycles. The summed E-state index contributed by atoms with van der Waals surface area (Å²) < 4.78 is 24.0. The van der Waals surface area contributed by atoms with Crippen LogP contribution in [0.5, 0.6) is 11.5 Å². The Morgan fingerprint density at radius 2 is 2.19 bits per heavy atom. The van der Waals surface area contributed by atoms with Gasteiger partial charge in [-0.1, -0.05) is 0 Å². The summed E-state index contributed by atoms with van der Waals surface area (Å²) in [6, 6.07) is 2.59. The van der Waals surface area contributed by atoms with Crippen LogP contribution in [0.2, 0.25) is 0 Å². The summed E-state index contributed by atoms with van der Waals surface area (Å²) in [5, 5.41) is 4.56. The molecule has 1 heterocycles. The Hall–Kier alpha value is -2.15. The molecule has 0 bridgehead atoms. The van der Waals surface area contributed by atoms with Gasteiger partial charge in [0.2, 0.25) is 0 Å². The monoisotopic (exact) mass is 310 g/mol. The van der Waals surface area contributed by atoms with Crippen molar-refractivity contribution < 1.29 is 18.7 Å². The third-order valence-electron chi connectivity index (χ3n) is 2.87. The zero-order valence-corrected chi connectivity index (χ0v) is 12.5. The molecule has 2 rings (SSSR count). The van der Waals surface area contributed by atoms with E-state index in [1.54, 1.807) is 5.51 Å². The van der Waals surface area contributed by atoms with E-state index in [2.05, 4.69) is 10.3 Å². The Morgan fingerprint density at radius 1 is 1.38 bits per heavy atom. The second-order valence-electron chi connectivity index (χ2n) is 4.14. The number of nitrogens with one attached hydrogen (secondary N) is 1. The van der Waals surface area contributed by atoms with Gasteiger partial charge in [-0.05, 0) is 12.1 Å². The number of amides is 1. The van der Waals surface area contributed by atoms with Crippen LogP contribution in [0, 0.1) is 5.82 Å². The van der Waals surface area contributed by atoms with E-state index in [1.165, 1.54) is 37.7 Å². The van der Waals surface area contributed by atoms with E-state index in [1.807, 2.05) is 5.38 Å². The number of nitrogens with zero attached hydrogens (tertiary/aromatic N) is 1. The van der Waals surface area contributed by atoms with E-state index in [-0.39, 0.29) is 11.3 Å². The largest absolute Gasteiger partial charge is 0.493 e. The summed E-state index contributed by atoms with van der Waals surface area (Å²) in [6.07, 6.45) is 0.586. The Bertz CT molecular complexity index is 617. The molecule has 1 aromatic carbocycles. The topological polar surface area (TPSA) is 60.5 Å². The van der Waals surface area contributed by atoms with Crippen LogP contribution >= 0.6 is 11.3 Å². The summed E-state index contributed by atoms with van der Waals surface area (Å²) >= 11 is 1.49. The predicted molar refractivity (Wildman–Crippen MR) is 77.7 cm³/mol. The smallest absolute Gasteiger partial charge is 0.258 e. The first kappa shape index (κ1) is 15.2. The zero-order valence-electron chi connectivity index (χ0n) is 11.7. The van der Waals surface area contributed by atoms with Crippen LogP contribution in [0.3, 0.4) is 0 Å². The maximum Gasteiger partial charge on any atom is 0.258 e. The maximum absolute atomic E-state index is 13.9. The van der Waals surface area contributed by atoms with Crippen LogP contribution in [0.25, 0.3) is 0 Å². The van der Waals surface area contributed by atoms with E-state index >= 15 is 0 Å². The minimum atomic E-state index is -0.654. The van der Waals surface area contributed by atoms with Gasteiger partial charge in [0.05, 0.1) is 25.4 Å². The molecule has 0 aliphatic rings. The average molecular weight is 310 g/mol. The highest BCUT2D eigenvalue weighted by atomic mass is 32.1. The predicted octanol–water partition coefficient (Wildman–Crippen LogP) is 2.27. The normalized spacial score (nSPS) is 10.2. The second kappa shape index (κ2) is 7.03. The number of carbonyl (C=O) groups is 1. The van der Waals surface area contributed by atoms with E-state index < -0.39 is 11.7 Å². The molecule has 1 amide bonds. The van der Waals surface area contributed by atoms with Crippen molar-refractivity contribution in [2.75, 3.05) is 20.8 Å². The minimum Gasteiger partial charge on any atom is -0.493 e. The quantitative estimate of drug-likeness (QED) is 0.889. The molecule has 112 valence electrons. The van der Waals surface area contributed by atoms with Crippen LogP contribution < -0.4 is 14.8 Å². The van der Waals surface area contributed by atoms with Crippen LogP contribution in [0.1, 0.15) is 16.1 Å². The number of thiazole rings is 1. The fourth-order valence-corrected chi connectivity index (χ4v) is 2.46. The summed E-state index contributed by atoms with van der Waals surface area (Å²) in [7, 11) is 2.79. The van der Waals surface area contributed by atoms with Crippen molar-refractivity contribution in [2.45, 2.75) is 6.42 Å². The molecule has 0 unspecified atom stereocenters. The maximum atomic E-state index is 13.9. The fourth-order valence-electron chi connectivity index (χ4n) is 1.87. The number of rotatable bonds is 6. The molecule has 1 aromatic heterocycles. The summed E-state index contributed by atoms with van der Waals surface area (Å²) in [5.41, 5.74) is 2.45. The van der Waals surface area contributed by atoms with Gasteiger partial charge in [-0.15, -0.1) is 11.3 Å². The molecule has 0 radical (unpaired) electrons. The van der Waals surface area contributed by atoms with Crippen molar-refractivity contribution in [1.29, 1.82) is 0 Å². The molecule has 0 saturated carbocycles. The van der Waals surface area contributed by atoms with Crippen molar-refractivity contribution in [3.05, 3.63) is 40.1 Å². The van der Waals surface area contributed by atoms with Gasteiger partial charge in [0.1, 0.15) is 11.4 Å². The molecule has 2 aromatic rings. The highest BCUT2D eigenvalue weighted by Gasteiger charge is 2.21. The van der Waals surface area contributed by atoms with Gasteiger partial charge in [-0.2, -0.15) is 0 Å². The van der Waals surface area contributed by atoms with Crippen LogP contribution in [-0.2, 0) is 6.42 Å². The number of halogens is 1. The van der Waals surface area contributed by atoms with Crippen molar-refractivity contribution in [1.82, 2.24) is 10.3 Å². The van der Waals surface area contributed by atoms with E-state index in [9.17, 15) is 9.18 Å². The summed E-state index contributed by atoms with van der Waals surface area (Å²) in [5.74, 6) is -0.801. The van der Waals surface area contributed by atoms with E-state index in [0.29, 0.717) is 18.7 Å². The van der Waals surface area contributed by atoms with Gasteiger partial charge in [-0.3, -0.25) is 4.79 Å². The first-order chi connectivity index (χ1) is 10.2. The highest BCUT2D eigenvalue weighted by Crippen LogP contribution is 2.32. The first-order valence-electron chi connectivity index (χ1n) is 6.23. The van der Waals surface area contributed by atoms with Gasteiger partial charge >= 0.3 is 0 Å². The van der Waals surface area contributed by atoms with Crippen LogP contribution in [-0.4, -0.2) is 31.7 Å². The molecular weight excluding hydrogens is 295 g/mol. The Labute approximate surface area is 125 Å². The lowest BCUT2D eigenvalue weighted by Gasteiger charge is -2.13. The van der Waals surface area contributed by atoms with Crippen LogP contribution in [0.4, 0.5) is 4.39 Å². The van der Waals surface area contributed by atoms with Gasteiger partial charge in [0.15, 0.2) is 11.5 Å². The number of methoxy groups -OCH3 is 2. The molecule has 0 aliphatic heterocycles. The molecule has 5 nitrogen and oxygen atoms in total. The van der Waals surface area contributed by atoms with E-state index in [4.69, 9.17) is 9.47 Å². The van der Waals surface area contributed by atoms with Crippen molar-refractivity contribution >= 4 is 17.2 Å². The van der Waals surface area contributed by atoms with Crippen molar-refractivity contribution in [2.24, 2.45) is 0 Å². The van der Waals surface area contributed by atoms with Gasteiger partial charge < -0.3 is 14.8 Å². The minimum absolute atomic E-state index is 0.0867. The van der Waals surface area contributed by atoms with E-state index in [0.717, 1.165) is 5.69 Å². The standard InChI is InChI=1S/C14H15FN2O3S/c1-19-11-4-3-10(15)12(13(11)20-2)14(18)16-6-5-9-7-21-8-17-9/h3-4,7-8H,5-6H2,1-2H3,(H,16,18). The Balaban J connectivity index is 2.11. The lowest BCUT2D eigenvalue weighted by atomic mass is 10.1. The number of benzene rings is 1. The lowest BCUT2D eigenvalue weighted by Crippen LogP contribution is -2.27. The number of hydrogen-bond donors (Lipinski definition) is 1. The number of aromatic nitrogens is 1. The SMILES string of the molecule is COc1ccc(F)c(C(=O)NCCc2cscn2)c1OC. The molecular formula is C14H15FN2O3S. The Kier molecular flexibility index (Phi) is 5.10. The molecule has 0 aliphatic carbocycles. The summed E-state index contributed by atoms with van der Waals surface area (Å²) in [6.45, 7) is 0.363. The molecule has 0 fully saturated rings. The van der Waals surface area contributed by atoms with Crippen molar-refractivity contribution in [3.63, 3.8) is 0 Å². The molecule has 0 atom stereocenters. The first-order valence-corrected chi connectivity index (χ1v) is 7.17. The molecule has 0 spiro atoms. The van der Waals surface area contributed by atoms with Crippen molar-refractivity contribution in [3.8, 4) is 11.5 Å². The fraction of sp³-hybridized carbons (Fsp3) is 0.286. The Morgan fingerprint density at radius 3 is 2.81 bits per heavy atom.